The summed E-state index contributed by atoms with van der Waals surface area (Å²) >= 11 is 0. The van der Waals surface area contributed by atoms with E-state index in [0.717, 1.165) is 0 Å². The van der Waals surface area contributed by atoms with Gasteiger partial charge >= 0.3 is 5.97 Å². The Morgan fingerprint density at radius 1 is 1.23 bits per heavy atom. The van der Waals surface area contributed by atoms with Crippen molar-refractivity contribution in [1.82, 2.24) is 0 Å². The highest BCUT2D eigenvalue weighted by molar-refractivity contribution is 5.84. The minimum absolute atomic E-state index is 0.360. The van der Waals surface area contributed by atoms with Crippen molar-refractivity contribution in [3.8, 4) is 5.75 Å². The van der Waals surface area contributed by atoms with Gasteiger partial charge in [-0.1, -0.05) is 18.2 Å². The number of carbonyl (C=O) groups is 1. The van der Waals surface area contributed by atoms with Gasteiger partial charge in [-0.25, -0.2) is 4.79 Å². The number of para-hydroxylation sites is 1. The summed E-state index contributed by atoms with van der Waals surface area (Å²) in [6, 6.07) is 9.22. The quantitative estimate of drug-likeness (QED) is 0.640. The zero-order valence-electron chi connectivity index (χ0n) is 6.84. The average Bonchev–Trinajstić information content (AvgIpc) is 2.53. The number of benzene rings is 1. The Morgan fingerprint density at radius 3 is 2.62 bits per heavy atom. The van der Waals surface area contributed by atoms with Gasteiger partial charge in [0, 0.05) is 12.2 Å². The van der Waals surface area contributed by atoms with Crippen molar-refractivity contribution in [2.75, 3.05) is 0 Å². The summed E-state index contributed by atoms with van der Waals surface area (Å²) in [6.07, 6.45) is 2.36. The number of hydrogen-bond acceptors (Lipinski definition) is 3. The molecule has 1 unspecified atom stereocenters. The van der Waals surface area contributed by atoms with Crippen molar-refractivity contribution in [3.63, 3.8) is 0 Å². The summed E-state index contributed by atoms with van der Waals surface area (Å²) < 4.78 is 10.1. The van der Waals surface area contributed by atoms with Gasteiger partial charge in [0.05, 0.1) is 0 Å². The molecular weight excluding hydrogens is 168 g/mol. The molecular formula is C10H8O3. The first-order valence-electron chi connectivity index (χ1n) is 3.95. The summed E-state index contributed by atoms with van der Waals surface area (Å²) in [5.41, 5.74) is 0. The van der Waals surface area contributed by atoms with E-state index in [4.69, 9.17) is 9.47 Å². The molecule has 0 N–H and O–H groups in total. The van der Waals surface area contributed by atoms with Crippen molar-refractivity contribution in [3.05, 3.63) is 42.5 Å². The van der Waals surface area contributed by atoms with Crippen LogP contribution in [0.15, 0.2) is 42.5 Å². The van der Waals surface area contributed by atoms with Gasteiger partial charge < -0.3 is 9.47 Å². The number of esters is 1. The molecule has 0 saturated carbocycles. The standard InChI is InChI=1S/C10H8O3/c11-9-6-7-10(13-9)12-8-4-2-1-3-5-8/h1-7,10H. The predicted octanol–water partition coefficient (Wildman–Crippen LogP) is 1.50. The molecule has 1 aliphatic heterocycles. The van der Waals surface area contributed by atoms with Crippen LogP contribution in [0.4, 0.5) is 0 Å². The highest BCUT2D eigenvalue weighted by Gasteiger charge is 2.17. The summed E-state index contributed by atoms with van der Waals surface area (Å²) in [7, 11) is 0. The van der Waals surface area contributed by atoms with Gasteiger partial charge in [-0.15, -0.1) is 0 Å². The smallest absolute Gasteiger partial charge is 0.334 e. The Kier molecular flexibility index (Phi) is 2.00. The lowest BCUT2D eigenvalue weighted by molar-refractivity contribution is -0.147. The molecule has 1 aliphatic rings. The Hall–Kier alpha value is -1.77. The molecule has 3 nitrogen and oxygen atoms in total. The second-order valence-corrected chi connectivity index (χ2v) is 2.60. The fraction of sp³-hybridized carbons (Fsp3) is 0.100. The Labute approximate surface area is 75.6 Å². The van der Waals surface area contributed by atoms with Crippen LogP contribution in [0.3, 0.4) is 0 Å². The Bertz CT molecular complexity index is 329. The number of hydrogen-bond donors (Lipinski definition) is 0. The molecule has 0 aliphatic carbocycles. The zero-order valence-corrected chi connectivity index (χ0v) is 6.84. The average molecular weight is 176 g/mol. The van der Waals surface area contributed by atoms with Gasteiger partial charge in [0.1, 0.15) is 5.75 Å². The molecule has 2 rings (SSSR count). The molecule has 1 aromatic rings. The minimum atomic E-state index is -0.574. The minimum Gasteiger partial charge on any atom is -0.451 e. The molecule has 1 atom stereocenters. The van der Waals surface area contributed by atoms with Gasteiger partial charge in [-0.3, -0.25) is 0 Å². The van der Waals surface area contributed by atoms with Crippen molar-refractivity contribution >= 4 is 5.97 Å². The first-order valence-corrected chi connectivity index (χ1v) is 3.95. The zero-order chi connectivity index (χ0) is 9.10. The number of rotatable bonds is 2. The number of carbonyl (C=O) groups excluding carboxylic acids is 1. The van der Waals surface area contributed by atoms with E-state index >= 15 is 0 Å². The van der Waals surface area contributed by atoms with E-state index in [-0.39, 0.29) is 5.97 Å². The van der Waals surface area contributed by atoms with Crippen LogP contribution in [0.1, 0.15) is 0 Å². The van der Waals surface area contributed by atoms with Crippen LogP contribution in [-0.2, 0) is 9.53 Å². The predicted molar refractivity (Wildman–Crippen MR) is 46.1 cm³/mol. The molecule has 3 heteroatoms. The van der Waals surface area contributed by atoms with Gasteiger partial charge in [-0.05, 0) is 12.1 Å². The normalized spacial score (nSPS) is 20.0. The third-order valence-electron chi connectivity index (χ3n) is 1.62. The van der Waals surface area contributed by atoms with E-state index in [1.165, 1.54) is 6.08 Å². The highest BCUT2D eigenvalue weighted by atomic mass is 16.7. The second kappa shape index (κ2) is 3.31. The van der Waals surface area contributed by atoms with Gasteiger partial charge in [0.15, 0.2) is 0 Å². The first-order chi connectivity index (χ1) is 6.34. The van der Waals surface area contributed by atoms with Crippen LogP contribution in [0.25, 0.3) is 0 Å². The fourth-order valence-corrected chi connectivity index (χ4v) is 1.05. The lowest BCUT2D eigenvalue weighted by Crippen LogP contribution is -2.15. The maximum atomic E-state index is 10.7. The van der Waals surface area contributed by atoms with Crippen LogP contribution in [0.5, 0.6) is 5.75 Å². The molecule has 0 fully saturated rings. The van der Waals surface area contributed by atoms with Gasteiger partial charge in [-0.2, -0.15) is 0 Å². The molecule has 0 aromatic heterocycles. The third kappa shape index (κ3) is 1.87. The maximum Gasteiger partial charge on any atom is 0.334 e. The summed E-state index contributed by atoms with van der Waals surface area (Å²) in [5, 5.41) is 0. The maximum absolute atomic E-state index is 10.7. The molecule has 0 radical (unpaired) electrons. The van der Waals surface area contributed by atoms with Crippen LogP contribution in [0.2, 0.25) is 0 Å². The fourth-order valence-electron chi connectivity index (χ4n) is 1.05. The van der Waals surface area contributed by atoms with Gasteiger partial charge in [0.2, 0.25) is 0 Å². The SMILES string of the molecule is O=C1C=CC(Oc2ccccc2)O1. The first kappa shape index (κ1) is 7.86. The van der Waals surface area contributed by atoms with E-state index in [1.807, 2.05) is 18.2 Å². The topological polar surface area (TPSA) is 35.5 Å². The number of cyclic esters (lactones) is 1. The molecule has 1 heterocycles. The van der Waals surface area contributed by atoms with Crippen molar-refractivity contribution < 1.29 is 14.3 Å². The Balaban J connectivity index is 2.00. The second-order valence-electron chi connectivity index (χ2n) is 2.60. The van der Waals surface area contributed by atoms with E-state index in [1.54, 1.807) is 18.2 Å². The van der Waals surface area contributed by atoms with Crippen LogP contribution in [-0.4, -0.2) is 12.3 Å². The summed E-state index contributed by atoms with van der Waals surface area (Å²) in [6.45, 7) is 0. The van der Waals surface area contributed by atoms with Crippen LogP contribution >= 0.6 is 0 Å². The van der Waals surface area contributed by atoms with Crippen molar-refractivity contribution in [2.24, 2.45) is 0 Å². The third-order valence-corrected chi connectivity index (χ3v) is 1.62. The van der Waals surface area contributed by atoms with Crippen molar-refractivity contribution in [1.29, 1.82) is 0 Å². The molecule has 66 valence electrons. The van der Waals surface area contributed by atoms with E-state index < -0.39 is 6.29 Å². The van der Waals surface area contributed by atoms with Crippen LogP contribution < -0.4 is 4.74 Å². The van der Waals surface area contributed by atoms with E-state index in [0.29, 0.717) is 5.75 Å². The van der Waals surface area contributed by atoms with E-state index in [9.17, 15) is 4.79 Å². The monoisotopic (exact) mass is 176 g/mol. The van der Waals surface area contributed by atoms with Crippen LogP contribution in [0, 0.1) is 0 Å². The van der Waals surface area contributed by atoms with Crippen molar-refractivity contribution in [2.45, 2.75) is 6.29 Å². The Morgan fingerprint density at radius 2 is 2.00 bits per heavy atom. The summed E-state index contributed by atoms with van der Waals surface area (Å²) in [5.74, 6) is 0.327. The van der Waals surface area contributed by atoms with E-state index in [2.05, 4.69) is 0 Å². The molecule has 0 amide bonds. The summed E-state index contributed by atoms with van der Waals surface area (Å²) in [4.78, 5) is 10.7. The van der Waals surface area contributed by atoms with Gasteiger partial charge in [0.25, 0.3) is 6.29 Å². The molecule has 1 aromatic carbocycles. The highest BCUT2D eigenvalue weighted by Crippen LogP contribution is 2.14. The lowest BCUT2D eigenvalue weighted by atomic mass is 10.3. The molecule has 0 bridgehead atoms. The molecule has 13 heavy (non-hydrogen) atoms. The lowest BCUT2D eigenvalue weighted by Gasteiger charge is -2.10. The number of ether oxygens (including phenoxy) is 2. The largest absolute Gasteiger partial charge is 0.451 e. The molecule has 0 spiro atoms. The molecule has 0 saturated heterocycles.